The van der Waals surface area contributed by atoms with Crippen LogP contribution in [0.3, 0.4) is 0 Å². The number of methoxy groups -OCH3 is 1. The Morgan fingerprint density at radius 3 is 2.74 bits per heavy atom. The molecule has 19 heavy (non-hydrogen) atoms. The van der Waals surface area contributed by atoms with E-state index in [1.807, 2.05) is 6.07 Å². The molecule has 3 N–H and O–H groups in total. The number of hydrogen-bond acceptors (Lipinski definition) is 3. The van der Waals surface area contributed by atoms with Gasteiger partial charge in [0.05, 0.1) is 12.8 Å². The van der Waals surface area contributed by atoms with E-state index in [1.165, 1.54) is 32.1 Å². The van der Waals surface area contributed by atoms with Gasteiger partial charge in [0.25, 0.3) is 0 Å². The molecule has 1 aromatic carbocycles. The summed E-state index contributed by atoms with van der Waals surface area (Å²) in [5, 5.41) is 2.91. The molecule has 1 aromatic rings. The number of rotatable bonds is 4. The van der Waals surface area contributed by atoms with Crippen molar-refractivity contribution >= 4 is 17.3 Å². The Kier molecular flexibility index (Phi) is 4.66. The van der Waals surface area contributed by atoms with Crippen LogP contribution in [0.25, 0.3) is 0 Å². The Balaban J connectivity index is 1.89. The number of amides is 1. The highest BCUT2D eigenvalue weighted by Gasteiger charge is 2.17. The summed E-state index contributed by atoms with van der Waals surface area (Å²) < 4.78 is 5.09. The van der Waals surface area contributed by atoms with Gasteiger partial charge >= 0.3 is 0 Å². The predicted octanol–water partition coefficient (Wildman–Crippen LogP) is 3.19. The fourth-order valence-electron chi connectivity index (χ4n) is 2.68. The van der Waals surface area contributed by atoms with E-state index in [1.54, 1.807) is 19.2 Å². The summed E-state index contributed by atoms with van der Waals surface area (Å²) in [6.07, 6.45) is 6.80. The van der Waals surface area contributed by atoms with Crippen LogP contribution >= 0.6 is 0 Å². The summed E-state index contributed by atoms with van der Waals surface area (Å²) in [5.74, 6) is 1.26. The van der Waals surface area contributed by atoms with Gasteiger partial charge in [0.2, 0.25) is 5.91 Å². The van der Waals surface area contributed by atoms with Crippen molar-refractivity contribution in [3.05, 3.63) is 18.2 Å². The van der Waals surface area contributed by atoms with Gasteiger partial charge in [-0.3, -0.25) is 4.79 Å². The molecular weight excluding hydrogens is 240 g/mol. The minimum atomic E-state index is 0.0801. The first-order valence-corrected chi connectivity index (χ1v) is 6.92. The zero-order valence-corrected chi connectivity index (χ0v) is 11.4. The third kappa shape index (κ3) is 3.88. The Labute approximate surface area is 114 Å². The largest absolute Gasteiger partial charge is 0.495 e. The Bertz CT molecular complexity index is 440. The number of hydrogen-bond donors (Lipinski definition) is 2. The van der Waals surface area contributed by atoms with Gasteiger partial charge in [-0.25, -0.2) is 0 Å². The number of nitrogen functional groups attached to an aromatic ring is 1. The fourth-order valence-corrected chi connectivity index (χ4v) is 2.68. The van der Waals surface area contributed by atoms with E-state index in [-0.39, 0.29) is 5.91 Å². The zero-order valence-electron chi connectivity index (χ0n) is 11.4. The van der Waals surface area contributed by atoms with E-state index in [4.69, 9.17) is 10.5 Å². The predicted molar refractivity (Wildman–Crippen MR) is 77.2 cm³/mol. The lowest BCUT2D eigenvalue weighted by molar-refractivity contribution is -0.117. The number of carbonyl (C=O) groups is 1. The highest BCUT2D eigenvalue weighted by atomic mass is 16.5. The van der Waals surface area contributed by atoms with E-state index in [0.717, 1.165) is 5.69 Å². The lowest BCUT2D eigenvalue weighted by atomic mass is 9.87. The van der Waals surface area contributed by atoms with Crippen molar-refractivity contribution in [3.8, 4) is 5.75 Å². The van der Waals surface area contributed by atoms with Crippen molar-refractivity contribution in [1.82, 2.24) is 0 Å². The van der Waals surface area contributed by atoms with Crippen LogP contribution < -0.4 is 15.8 Å². The maximum atomic E-state index is 12.0. The van der Waals surface area contributed by atoms with Gasteiger partial charge < -0.3 is 15.8 Å². The van der Waals surface area contributed by atoms with Gasteiger partial charge in [0.15, 0.2) is 0 Å². The molecule has 1 aliphatic carbocycles. The monoisotopic (exact) mass is 262 g/mol. The molecule has 4 nitrogen and oxygen atoms in total. The first-order chi connectivity index (χ1) is 9.19. The molecule has 0 saturated heterocycles. The van der Waals surface area contributed by atoms with Gasteiger partial charge in [0.1, 0.15) is 5.75 Å². The van der Waals surface area contributed by atoms with Gasteiger partial charge in [-0.1, -0.05) is 19.3 Å². The number of anilines is 2. The van der Waals surface area contributed by atoms with Crippen molar-refractivity contribution < 1.29 is 9.53 Å². The Hall–Kier alpha value is -1.71. The molecule has 0 aliphatic heterocycles. The van der Waals surface area contributed by atoms with E-state index in [0.29, 0.717) is 23.8 Å². The van der Waals surface area contributed by atoms with Crippen molar-refractivity contribution in [2.75, 3.05) is 18.2 Å². The van der Waals surface area contributed by atoms with Crippen molar-refractivity contribution in [3.63, 3.8) is 0 Å². The number of benzene rings is 1. The summed E-state index contributed by atoms with van der Waals surface area (Å²) >= 11 is 0. The molecule has 0 radical (unpaired) electrons. The third-order valence-electron chi connectivity index (χ3n) is 3.71. The number of nitrogens with two attached hydrogens (primary N) is 1. The molecule has 0 bridgehead atoms. The first-order valence-electron chi connectivity index (χ1n) is 6.92. The van der Waals surface area contributed by atoms with Gasteiger partial charge in [0, 0.05) is 12.1 Å². The quantitative estimate of drug-likeness (QED) is 0.819. The van der Waals surface area contributed by atoms with Crippen LogP contribution in [0.4, 0.5) is 11.4 Å². The molecule has 0 heterocycles. The molecule has 0 unspecified atom stereocenters. The van der Waals surface area contributed by atoms with Crippen LogP contribution in [0.2, 0.25) is 0 Å². The average molecular weight is 262 g/mol. The minimum Gasteiger partial charge on any atom is -0.495 e. The van der Waals surface area contributed by atoms with Gasteiger partial charge in [-0.15, -0.1) is 0 Å². The van der Waals surface area contributed by atoms with E-state index < -0.39 is 0 Å². The SMILES string of the molecule is COc1ccc(NC(=O)CC2CCCCC2)cc1N. The molecule has 104 valence electrons. The molecule has 2 rings (SSSR count). The van der Waals surface area contributed by atoms with E-state index in [2.05, 4.69) is 5.32 Å². The third-order valence-corrected chi connectivity index (χ3v) is 3.71. The van der Waals surface area contributed by atoms with E-state index >= 15 is 0 Å². The summed E-state index contributed by atoms with van der Waals surface area (Å²) in [4.78, 5) is 12.0. The van der Waals surface area contributed by atoms with Crippen LogP contribution in [0.15, 0.2) is 18.2 Å². The zero-order chi connectivity index (χ0) is 13.7. The van der Waals surface area contributed by atoms with Crippen LogP contribution in [-0.2, 0) is 4.79 Å². The second-order valence-corrected chi connectivity index (χ2v) is 5.21. The Morgan fingerprint density at radius 1 is 1.37 bits per heavy atom. The second kappa shape index (κ2) is 6.45. The van der Waals surface area contributed by atoms with Gasteiger partial charge in [-0.05, 0) is 37.0 Å². The van der Waals surface area contributed by atoms with Crippen molar-refractivity contribution in [2.24, 2.45) is 5.92 Å². The minimum absolute atomic E-state index is 0.0801. The Morgan fingerprint density at radius 2 is 2.11 bits per heavy atom. The molecule has 1 fully saturated rings. The smallest absolute Gasteiger partial charge is 0.224 e. The van der Waals surface area contributed by atoms with E-state index in [9.17, 15) is 4.79 Å². The summed E-state index contributed by atoms with van der Waals surface area (Å²) in [6, 6.07) is 5.32. The lowest BCUT2D eigenvalue weighted by Crippen LogP contribution is -2.18. The van der Waals surface area contributed by atoms with Crippen LogP contribution in [0, 0.1) is 5.92 Å². The first kappa shape index (κ1) is 13.7. The maximum absolute atomic E-state index is 12.0. The highest BCUT2D eigenvalue weighted by Crippen LogP contribution is 2.28. The molecule has 1 aliphatic rings. The summed E-state index contributed by atoms with van der Waals surface area (Å²) in [7, 11) is 1.58. The topological polar surface area (TPSA) is 64.3 Å². The number of ether oxygens (including phenoxy) is 1. The maximum Gasteiger partial charge on any atom is 0.224 e. The molecule has 1 saturated carbocycles. The second-order valence-electron chi connectivity index (χ2n) is 5.21. The van der Waals surface area contributed by atoms with Gasteiger partial charge in [-0.2, -0.15) is 0 Å². The molecular formula is C15H22N2O2. The molecule has 0 atom stereocenters. The van der Waals surface area contributed by atoms with Crippen molar-refractivity contribution in [2.45, 2.75) is 38.5 Å². The molecule has 0 spiro atoms. The molecule has 0 aromatic heterocycles. The van der Waals surface area contributed by atoms with Crippen LogP contribution in [0.1, 0.15) is 38.5 Å². The van der Waals surface area contributed by atoms with Crippen LogP contribution in [-0.4, -0.2) is 13.0 Å². The summed E-state index contributed by atoms with van der Waals surface area (Å²) in [5.41, 5.74) is 7.09. The standard InChI is InChI=1S/C15H22N2O2/c1-19-14-8-7-12(10-13(14)16)17-15(18)9-11-5-3-2-4-6-11/h7-8,10-11H,2-6,9,16H2,1H3,(H,17,18). The molecule has 1 amide bonds. The number of nitrogens with one attached hydrogen (secondary N) is 1. The normalized spacial score (nSPS) is 16.1. The highest BCUT2D eigenvalue weighted by molar-refractivity contribution is 5.91. The fraction of sp³-hybridized carbons (Fsp3) is 0.533. The summed E-state index contributed by atoms with van der Waals surface area (Å²) in [6.45, 7) is 0. The van der Waals surface area contributed by atoms with Crippen molar-refractivity contribution in [1.29, 1.82) is 0 Å². The number of carbonyl (C=O) groups excluding carboxylic acids is 1. The average Bonchev–Trinajstić information content (AvgIpc) is 2.40. The van der Waals surface area contributed by atoms with Crippen LogP contribution in [0.5, 0.6) is 5.75 Å². The lowest BCUT2D eigenvalue weighted by Gasteiger charge is -2.20. The molecule has 4 heteroatoms.